The second kappa shape index (κ2) is 8.24. The second-order valence-electron chi connectivity index (χ2n) is 6.63. The summed E-state index contributed by atoms with van der Waals surface area (Å²) in [6, 6.07) is -0.581. The highest BCUT2D eigenvalue weighted by atomic mass is 16.5. The molecule has 1 saturated carbocycles. The number of hydrogen-bond acceptors (Lipinski definition) is 5. The molecule has 0 aromatic heterocycles. The van der Waals surface area contributed by atoms with E-state index in [1.54, 1.807) is 14.2 Å². The Kier molecular flexibility index (Phi) is 6.62. The van der Waals surface area contributed by atoms with E-state index in [1.807, 2.05) is 0 Å². The molecule has 6 nitrogen and oxygen atoms in total. The summed E-state index contributed by atoms with van der Waals surface area (Å²) in [5.74, 6) is -0.111. The molecular weight excluding hydrogens is 282 g/mol. The zero-order valence-corrected chi connectivity index (χ0v) is 14.0. The van der Waals surface area contributed by atoms with Gasteiger partial charge in [0.2, 0.25) is 5.91 Å². The first-order valence-corrected chi connectivity index (χ1v) is 8.41. The van der Waals surface area contributed by atoms with Gasteiger partial charge in [0, 0.05) is 39.4 Å². The Morgan fingerprint density at radius 1 is 1.32 bits per heavy atom. The van der Waals surface area contributed by atoms with Gasteiger partial charge in [0.15, 0.2) is 0 Å². The average Bonchev–Trinajstić information content (AvgIpc) is 3.03. The number of piperidine rings is 1. The maximum Gasteiger partial charge on any atom is 0.239 e. The lowest BCUT2D eigenvalue weighted by atomic mass is 9.91. The van der Waals surface area contributed by atoms with Crippen LogP contribution >= 0.6 is 0 Å². The van der Waals surface area contributed by atoms with Crippen molar-refractivity contribution in [2.24, 2.45) is 5.73 Å². The maximum atomic E-state index is 12.1. The zero-order valence-electron chi connectivity index (χ0n) is 14.0. The molecule has 1 atom stereocenters. The second-order valence-corrected chi connectivity index (χ2v) is 6.63. The number of hydrogen-bond donors (Lipinski definition) is 2. The van der Waals surface area contributed by atoms with Gasteiger partial charge in [0.1, 0.15) is 6.04 Å². The van der Waals surface area contributed by atoms with Crippen LogP contribution in [0.2, 0.25) is 0 Å². The Labute approximate surface area is 133 Å². The van der Waals surface area contributed by atoms with Gasteiger partial charge in [-0.15, -0.1) is 0 Å². The Morgan fingerprint density at radius 2 is 1.95 bits per heavy atom. The van der Waals surface area contributed by atoms with Gasteiger partial charge >= 0.3 is 0 Å². The Morgan fingerprint density at radius 3 is 2.50 bits per heavy atom. The SMILES string of the molecule is COCC(N)C(=O)NCC1(N2CCC(OC)CC2)CCCC1. The van der Waals surface area contributed by atoms with Crippen molar-refractivity contribution in [2.75, 3.05) is 40.5 Å². The average molecular weight is 313 g/mol. The van der Waals surface area contributed by atoms with Crippen LogP contribution in [-0.4, -0.2) is 69.0 Å². The molecular formula is C16H31N3O3. The highest BCUT2D eigenvalue weighted by Gasteiger charge is 2.41. The number of carbonyl (C=O) groups excluding carboxylic acids is 1. The molecule has 0 radical (unpaired) electrons. The number of nitrogens with two attached hydrogens (primary N) is 1. The molecule has 1 aliphatic carbocycles. The molecule has 0 spiro atoms. The van der Waals surface area contributed by atoms with Crippen LogP contribution < -0.4 is 11.1 Å². The van der Waals surface area contributed by atoms with Crippen LogP contribution in [0.4, 0.5) is 0 Å². The first-order chi connectivity index (χ1) is 10.6. The Balaban J connectivity index is 1.90. The van der Waals surface area contributed by atoms with Crippen molar-refractivity contribution in [1.82, 2.24) is 10.2 Å². The van der Waals surface area contributed by atoms with Crippen LogP contribution in [0.15, 0.2) is 0 Å². The van der Waals surface area contributed by atoms with Gasteiger partial charge in [0.25, 0.3) is 0 Å². The largest absolute Gasteiger partial charge is 0.383 e. The molecule has 1 heterocycles. The number of amides is 1. The van der Waals surface area contributed by atoms with Gasteiger partial charge in [-0.1, -0.05) is 12.8 Å². The summed E-state index contributed by atoms with van der Waals surface area (Å²) >= 11 is 0. The van der Waals surface area contributed by atoms with Crippen LogP contribution in [0.1, 0.15) is 38.5 Å². The number of ether oxygens (including phenoxy) is 2. The maximum absolute atomic E-state index is 12.1. The number of methoxy groups -OCH3 is 2. The summed E-state index contributed by atoms with van der Waals surface area (Å²) in [6.45, 7) is 3.07. The molecule has 1 unspecified atom stereocenters. The van der Waals surface area contributed by atoms with Gasteiger partial charge in [-0.2, -0.15) is 0 Å². The first kappa shape index (κ1) is 17.7. The summed E-state index contributed by atoms with van der Waals surface area (Å²) in [4.78, 5) is 14.6. The van der Waals surface area contributed by atoms with Gasteiger partial charge in [-0.3, -0.25) is 9.69 Å². The van der Waals surface area contributed by atoms with Crippen LogP contribution in [-0.2, 0) is 14.3 Å². The van der Waals surface area contributed by atoms with E-state index in [4.69, 9.17) is 15.2 Å². The van der Waals surface area contributed by atoms with Crippen LogP contribution in [0.25, 0.3) is 0 Å². The molecule has 3 N–H and O–H groups in total. The lowest BCUT2D eigenvalue weighted by molar-refractivity contribution is -0.124. The Hall–Kier alpha value is -0.690. The fourth-order valence-corrected chi connectivity index (χ4v) is 3.84. The molecule has 0 aromatic carbocycles. The van der Waals surface area contributed by atoms with E-state index in [9.17, 15) is 4.79 Å². The number of rotatable bonds is 7. The van der Waals surface area contributed by atoms with Crippen molar-refractivity contribution in [3.8, 4) is 0 Å². The summed E-state index contributed by atoms with van der Waals surface area (Å²) < 4.78 is 10.4. The topological polar surface area (TPSA) is 76.8 Å². The lowest BCUT2D eigenvalue weighted by Crippen LogP contribution is -2.58. The van der Waals surface area contributed by atoms with Gasteiger partial charge in [-0.25, -0.2) is 0 Å². The van der Waals surface area contributed by atoms with E-state index in [-0.39, 0.29) is 18.1 Å². The third-order valence-corrected chi connectivity index (χ3v) is 5.26. The summed E-state index contributed by atoms with van der Waals surface area (Å²) in [6.07, 6.45) is 7.34. The lowest BCUT2D eigenvalue weighted by Gasteiger charge is -2.45. The number of carbonyl (C=O) groups is 1. The van der Waals surface area contributed by atoms with Crippen LogP contribution in [0, 0.1) is 0 Å². The van der Waals surface area contributed by atoms with Crippen LogP contribution in [0.5, 0.6) is 0 Å². The predicted octanol–water partition coefficient (Wildman–Crippen LogP) is 0.500. The van der Waals surface area contributed by atoms with Crippen molar-refractivity contribution in [1.29, 1.82) is 0 Å². The minimum absolute atomic E-state index is 0.111. The van der Waals surface area contributed by atoms with Crippen molar-refractivity contribution >= 4 is 5.91 Å². The van der Waals surface area contributed by atoms with Crippen molar-refractivity contribution in [2.45, 2.75) is 56.2 Å². The molecule has 1 saturated heterocycles. The predicted molar refractivity (Wildman–Crippen MR) is 85.7 cm³/mol. The first-order valence-electron chi connectivity index (χ1n) is 8.41. The third-order valence-electron chi connectivity index (χ3n) is 5.26. The standard InChI is InChI=1S/C16H31N3O3/c1-21-11-14(17)15(20)18-12-16(7-3-4-8-16)19-9-5-13(22-2)6-10-19/h13-14H,3-12,17H2,1-2H3,(H,18,20). The van der Waals surface area contributed by atoms with E-state index in [1.165, 1.54) is 12.8 Å². The van der Waals surface area contributed by atoms with E-state index in [0.29, 0.717) is 12.6 Å². The molecule has 128 valence electrons. The molecule has 0 bridgehead atoms. The number of nitrogens with zero attached hydrogens (tertiary/aromatic N) is 1. The van der Waals surface area contributed by atoms with Gasteiger partial charge < -0.3 is 20.5 Å². The fraction of sp³-hybridized carbons (Fsp3) is 0.938. The molecule has 1 aliphatic heterocycles. The highest BCUT2D eigenvalue weighted by molar-refractivity contribution is 5.81. The molecule has 2 fully saturated rings. The molecule has 2 rings (SSSR count). The highest BCUT2D eigenvalue weighted by Crippen LogP contribution is 2.36. The van der Waals surface area contributed by atoms with E-state index >= 15 is 0 Å². The Bertz CT molecular complexity index is 351. The molecule has 2 aliphatic rings. The monoisotopic (exact) mass is 313 g/mol. The minimum Gasteiger partial charge on any atom is -0.383 e. The summed E-state index contributed by atoms with van der Waals surface area (Å²) in [7, 11) is 3.36. The van der Waals surface area contributed by atoms with Crippen molar-refractivity contribution < 1.29 is 14.3 Å². The fourth-order valence-electron chi connectivity index (χ4n) is 3.84. The molecule has 22 heavy (non-hydrogen) atoms. The molecule has 0 aromatic rings. The quantitative estimate of drug-likeness (QED) is 0.716. The number of likely N-dealkylation sites (tertiary alicyclic amines) is 1. The number of nitrogens with one attached hydrogen (secondary N) is 1. The smallest absolute Gasteiger partial charge is 0.239 e. The van der Waals surface area contributed by atoms with Crippen molar-refractivity contribution in [3.05, 3.63) is 0 Å². The van der Waals surface area contributed by atoms with E-state index in [2.05, 4.69) is 10.2 Å². The van der Waals surface area contributed by atoms with E-state index in [0.717, 1.165) is 38.8 Å². The third kappa shape index (κ3) is 4.19. The zero-order chi connectivity index (χ0) is 16.0. The molecule has 6 heteroatoms. The summed E-state index contributed by atoms with van der Waals surface area (Å²) in [5, 5.41) is 3.06. The molecule has 1 amide bonds. The normalized spacial score (nSPS) is 24.3. The minimum atomic E-state index is -0.581. The van der Waals surface area contributed by atoms with Gasteiger partial charge in [-0.05, 0) is 25.7 Å². The van der Waals surface area contributed by atoms with Crippen LogP contribution in [0.3, 0.4) is 0 Å². The van der Waals surface area contributed by atoms with E-state index < -0.39 is 6.04 Å². The summed E-state index contributed by atoms with van der Waals surface area (Å²) in [5.41, 5.74) is 5.92. The van der Waals surface area contributed by atoms with Crippen molar-refractivity contribution in [3.63, 3.8) is 0 Å². The van der Waals surface area contributed by atoms with Gasteiger partial charge in [0.05, 0.1) is 12.7 Å².